The Morgan fingerprint density at radius 3 is 1.08 bits per heavy atom. The molecule has 152 valence electrons. The Balaban J connectivity index is -0.0000000432. The van der Waals surface area contributed by atoms with Gasteiger partial charge in [-0.3, -0.25) is 0 Å². The molecule has 0 aliphatic carbocycles. The molecule has 0 radical (unpaired) electrons. The number of nitrogens with two attached hydrogens (primary N) is 4. The van der Waals surface area contributed by atoms with Crippen LogP contribution in [0.1, 0.15) is 38.5 Å². The maximum atomic E-state index is 10.0. The van der Waals surface area contributed by atoms with Crippen LogP contribution in [0, 0.1) is 0 Å². The molecule has 16 N–H and O–H groups in total. The Bertz CT molecular complexity index is 251. The second-order valence-electron chi connectivity index (χ2n) is 4.42. The number of carbonyl (C=O) groups is 2. The van der Waals surface area contributed by atoms with Crippen LogP contribution in [-0.2, 0) is 29.1 Å². The minimum absolute atomic E-state index is 0. The fourth-order valence-electron chi connectivity index (χ4n) is 1.25. The molecule has 0 aromatic rings. The van der Waals surface area contributed by atoms with E-state index in [-0.39, 0.29) is 41.4 Å². The van der Waals surface area contributed by atoms with Crippen molar-refractivity contribution in [2.24, 2.45) is 22.9 Å². The SMILES string of the molecule is NCCCC[C@H](N)C(=O)[O-].NCCCC[C@H](N)C(=O)[O-].O.O.O.O.[Zn+2]. The van der Waals surface area contributed by atoms with Crippen molar-refractivity contribution in [3.05, 3.63) is 0 Å². The van der Waals surface area contributed by atoms with Crippen molar-refractivity contribution in [3.8, 4) is 0 Å². The predicted octanol–water partition coefficient (Wildman–Crippen LogP) is -6.92. The number of carbonyl (C=O) groups excluding carboxylic acids is 2. The fraction of sp³-hybridized carbons (Fsp3) is 0.833. The third-order valence-corrected chi connectivity index (χ3v) is 2.54. The van der Waals surface area contributed by atoms with Gasteiger partial charge in [0.2, 0.25) is 0 Å². The molecule has 0 unspecified atom stereocenters. The summed E-state index contributed by atoms with van der Waals surface area (Å²) in [6, 6.07) is -1.65. The van der Waals surface area contributed by atoms with Crippen molar-refractivity contribution in [1.29, 1.82) is 0 Å². The first kappa shape index (κ1) is 44.1. The molecule has 0 heterocycles. The molecule has 12 nitrogen and oxygen atoms in total. The summed E-state index contributed by atoms with van der Waals surface area (Å²) in [5, 5.41) is 20.1. The number of carboxylic acid groups (broad SMARTS) is 2. The Labute approximate surface area is 160 Å². The van der Waals surface area contributed by atoms with Crippen LogP contribution in [0.4, 0.5) is 0 Å². The number of carboxylic acids is 2. The number of rotatable bonds is 10. The molecule has 13 heteroatoms. The van der Waals surface area contributed by atoms with Crippen LogP contribution in [0.15, 0.2) is 0 Å². The summed E-state index contributed by atoms with van der Waals surface area (Å²) in [6.07, 6.45) is 4.07. The van der Waals surface area contributed by atoms with Crippen LogP contribution in [0.5, 0.6) is 0 Å². The zero-order valence-corrected chi connectivity index (χ0v) is 17.4. The molecule has 25 heavy (non-hydrogen) atoms. The van der Waals surface area contributed by atoms with Gasteiger partial charge < -0.3 is 64.6 Å². The van der Waals surface area contributed by atoms with Crippen LogP contribution in [0.2, 0.25) is 0 Å². The molecular formula is C12H34N4O8Zn. The van der Waals surface area contributed by atoms with E-state index in [1.54, 1.807) is 0 Å². The van der Waals surface area contributed by atoms with Crippen LogP contribution >= 0.6 is 0 Å². The zero-order chi connectivity index (χ0) is 16.0. The number of hydrogen-bond donors (Lipinski definition) is 4. The van der Waals surface area contributed by atoms with E-state index in [2.05, 4.69) is 0 Å². The van der Waals surface area contributed by atoms with E-state index in [0.29, 0.717) is 25.9 Å². The smallest absolute Gasteiger partial charge is 0.548 e. The molecule has 0 aromatic heterocycles. The molecule has 0 saturated heterocycles. The van der Waals surface area contributed by atoms with Crippen LogP contribution in [-0.4, -0.2) is 59.0 Å². The number of aliphatic carboxylic acids is 2. The van der Waals surface area contributed by atoms with Gasteiger partial charge in [-0.05, 0) is 38.8 Å². The molecule has 0 rings (SSSR count). The molecular weight excluding hydrogens is 394 g/mol. The van der Waals surface area contributed by atoms with Gasteiger partial charge in [0.15, 0.2) is 0 Å². The van der Waals surface area contributed by atoms with E-state index in [1.165, 1.54) is 0 Å². The quantitative estimate of drug-likeness (QED) is 0.191. The minimum Gasteiger partial charge on any atom is -0.548 e. The van der Waals surface area contributed by atoms with Gasteiger partial charge in [-0.2, -0.15) is 0 Å². The summed E-state index contributed by atoms with van der Waals surface area (Å²) in [5.41, 5.74) is 20.7. The second kappa shape index (κ2) is 31.1. The zero-order valence-electron chi connectivity index (χ0n) is 14.5. The average molecular weight is 428 g/mol. The second-order valence-corrected chi connectivity index (χ2v) is 4.42. The van der Waals surface area contributed by atoms with Gasteiger partial charge in [0, 0.05) is 12.1 Å². The Morgan fingerprint density at radius 2 is 0.920 bits per heavy atom. The van der Waals surface area contributed by atoms with Gasteiger partial charge in [0.25, 0.3) is 0 Å². The molecule has 0 bridgehead atoms. The Hall–Kier alpha value is -0.757. The first-order chi connectivity index (χ1) is 9.36. The predicted molar refractivity (Wildman–Crippen MR) is 86.2 cm³/mol. The van der Waals surface area contributed by atoms with Gasteiger partial charge in [0.1, 0.15) is 0 Å². The standard InChI is InChI=1S/2C6H14N2O2.4H2O.Zn/c2*7-4-2-1-3-5(8)6(9)10;;;;;/h2*5H,1-4,7-8H2,(H,9,10);4*1H2;/q;;;;;;+2/p-2/t2*5-;;;;;/m00...../s1. The maximum absolute atomic E-state index is 10.0. The summed E-state index contributed by atoms with van der Waals surface area (Å²) in [5.74, 6) is -2.37. The van der Waals surface area contributed by atoms with Gasteiger partial charge in [0.05, 0.1) is 11.9 Å². The van der Waals surface area contributed by atoms with E-state index >= 15 is 0 Å². The molecule has 0 aliphatic rings. The molecule has 0 aliphatic heterocycles. The first-order valence-electron chi connectivity index (χ1n) is 6.69. The van der Waals surface area contributed by atoms with Crippen LogP contribution in [0.25, 0.3) is 0 Å². The molecule has 0 amide bonds. The largest absolute Gasteiger partial charge is 2.00 e. The van der Waals surface area contributed by atoms with Crippen molar-refractivity contribution in [2.45, 2.75) is 50.6 Å². The Morgan fingerprint density at radius 1 is 0.680 bits per heavy atom. The third kappa shape index (κ3) is 35.3. The van der Waals surface area contributed by atoms with Gasteiger partial charge in [-0.1, -0.05) is 12.8 Å². The summed E-state index contributed by atoms with van der Waals surface area (Å²) in [4.78, 5) is 20.1. The van der Waals surface area contributed by atoms with Crippen molar-refractivity contribution in [3.63, 3.8) is 0 Å². The van der Waals surface area contributed by atoms with Gasteiger partial charge in [-0.15, -0.1) is 0 Å². The van der Waals surface area contributed by atoms with E-state index in [0.717, 1.165) is 25.7 Å². The van der Waals surface area contributed by atoms with E-state index in [4.69, 9.17) is 22.9 Å². The van der Waals surface area contributed by atoms with Gasteiger partial charge in [-0.25, -0.2) is 0 Å². The summed E-state index contributed by atoms with van der Waals surface area (Å²) in [7, 11) is 0. The maximum Gasteiger partial charge on any atom is 2.00 e. The average Bonchev–Trinajstić information content (AvgIpc) is 2.39. The van der Waals surface area contributed by atoms with Crippen LogP contribution in [0.3, 0.4) is 0 Å². The summed E-state index contributed by atoms with van der Waals surface area (Å²) < 4.78 is 0. The van der Waals surface area contributed by atoms with Crippen molar-refractivity contribution >= 4 is 11.9 Å². The summed E-state index contributed by atoms with van der Waals surface area (Å²) in [6.45, 7) is 1.17. The first-order valence-corrected chi connectivity index (χ1v) is 6.69. The normalized spacial score (nSPS) is 10.4. The van der Waals surface area contributed by atoms with Crippen molar-refractivity contribution in [1.82, 2.24) is 0 Å². The summed E-state index contributed by atoms with van der Waals surface area (Å²) >= 11 is 0. The van der Waals surface area contributed by atoms with Crippen molar-refractivity contribution < 1.29 is 61.2 Å². The minimum atomic E-state index is -1.18. The van der Waals surface area contributed by atoms with Crippen molar-refractivity contribution in [2.75, 3.05) is 13.1 Å². The number of hydrogen-bond acceptors (Lipinski definition) is 8. The molecule has 0 aromatic carbocycles. The van der Waals surface area contributed by atoms with Gasteiger partial charge >= 0.3 is 19.5 Å². The molecule has 2 atom stereocenters. The van der Waals surface area contributed by atoms with E-state index < -0.39 is 24.0 Å². The number of unbranched alkanes of at least 4 members (excludes halogenated alkanes) is 2. The monoisotopic (exact) mass is 426 g/mol. The van der Waals surface area contributed by atoms with Crippen LogP contribution < -0.4 is 33.1 Å². The third-order valence-electron chi connectivity index (χ3n) is 2.54. The topological polar surface area (TPSA) is 310 Å². The molecule has 0 spiro atoms. The fourth-order valence-corrected chi connectivity index (χ4v) is 1.25. The molecule has 0 fully saturated rings. The molecule has 0 saturated carbocycles. The van der Waals surface area contributed by atoms with E-state index in [1.807, 2.05) is 0 Å². The van der Waals surface area contributed by atoms with E-state index in [9.17, 15) is 19.8 Å². The Kier molecular flexibility index (Phi) is 54.7.